The molecule has 0 aliphatic carbocycles. The molecule has 1 saturated heterocycles. The summed E-state index contributed by atoms with van der Waals surface area (Å²) in [6.45, 7) is 7.12. The summed E-state index contributed by atoms with van der Waals surface area (Å²) in [5, 5.41) is 26.3. The van der Waals surface area contributed by atoms with E-state index in [-0.39, 0.29) is 24.9 Å². The van der Waals surface area contributed by atoms with Crippen LogP contribution in [0.1, 0.15) is 20.8 Å². The Balaban J connectivity index is 2.09. The van der Waals surface area contributed by atoms with Gasteiger partial charge in [-0.15, -0.1) is 0 Å². The van der Waals surface area contributed by atoms with Crippen molar-refractivity contribution in [2.24, 2.45) is 10.7 Å². The first-order chi connectivity index (χ1) is 15.9. The van der Waals surface area contributed by atoms with Crippen LogP contribution in [0.25, 0.3) is 0 Å². The molecule has 0 aromatic carbocycles. The van der Waals surface area contributed by atoms with E-state index < -0.39 is 63.3 Å². The predicted molar refractivity (Wildman–Crippen MR) is 120 cm³/mol. The number of nitrogens with zero attached hydrogens (tertiary/aromatic N) is 2. The SMILES string of the molecule is C=C1N=C(N)C=CN1[C@@H]1O[C@H](COP(=O)(NCC(=O)OCC)NCC(=O)OCC)C(O)[C@]1(C)O. The number of nitrogens with one attached hydrogen (secondary N) is 2. The molecule has 0 aromatic rings. The number of aliphatic hydroxyl groups is 2. The van der Waals surface area contributed by atoms with E-state index in [0.29, 0.717) is 0 Å². The lowest BCUT2D eigenvalue weighted by Gasteiger charge is -2.35. The summed E-state index contributed by atoms with van der Waals surface area (Å²) in [6, 6.07) is 0. The van der Waals surface area contributed by atoms with Crippen LogP contribution in [0, 0.1) is 0 Å². The second-order valence-corrected chi connectivity index (χ2v) is 9.49. The molecule has 1 fully saturated rings. The Kier molecular flexibility index (Phi) is 9.76. The summed E-state index contributed by atoms with van der Waals surface area (Å²) in [5.41, 5.74) is 3.83. The fraction of sp³-hybridized carbons (Fsp3) is 0.632. The predicted octanol–water partition coefficient (Wildman–Crippen LogP) is -1.09. The van der Waals surface area contributed by atoms with Crippen molar-refractivity contribution >= 4 is 25.4 Å². The van der Waals surface area contributed by atoms with Crippen LogP contribution in [0.3, 0.4) is 0 Å². The fourth-order valence-corrected chi connectivity index (χ4v) is 4.49. The number of nitrogens with two attached hydrogens (primary N) is 1. The normalized spacial score (nSPS) is 27.0. The van der Waals surface area contributed by atoms with Crippen LogP contribution in [0.4, 0.5) is 0 Å². The zero-order chi connectivity index (χ0) is 25.5. The zero-order valence-electron chi connectivity index (χ0n) is 19.3. The number of hydrogen-bond acceptors (Lipinski definition) is 12. The number of esters is 2. The molecule has 2 aliphatic heterocycles. The third-order valence-corrected chi connectivity index (χ3v) is 6.53. The molecule has 6 N–H and O–H groups in total. The van der Waals surface area contributed by atoms with Crippen LogP contribution in [-0.4, -0.2) is 89.8 Å². The molecule has 34 heavy (non-hydrogen) atoms. The number of aliphatic imine (C=N–C) groups is 1. The molecular weight excluding hydrogens is 473 g/mol. The van der Waals surface area contributed by atoms with E-state index in [0.717, 1.165) is 0 Å². The van der Waals surface area contributed by atoms with Crippen molar-refractivity contribution in [1.29, 1.82) is 0 Å². The van der Waals surface area contributed by atoms with E-state index in [1.807, 2.05) is 0 Å². The number of aliphatic hydroxyl groups excluding tert-OH is 1. The minimum absolute atomic E-state index is 0.117. The molecule has 0 bridgehead atoms. The van der Waals surface area contributed by atoms with Gasteiger partial charge in [-0.3, -0.25) is 14.2 Å². The Hall–Kier alpha value is -2.32. The van der Waals surface area contributed by atoms with Gasteiger partial charge in [-0.1, -0.05) is 6.58 Å². The second-order valence-electron chi connectivity index (χ2n) is 7.50. The van der Waals surface area contributed by atoms with Gasteiger partial charge in [-0.2, -0.15) is 0 Å². The summed E-state index contributed by atoms with van der Waals surface area (Å²) >= 11 is 0. The molecule has 192 valence electrons. The fourth-order valence-electron chi connectivity index (χ4n) is 3.16. The highest BCUT2D eigenvalue weighted by Crippen LogP contribution is 2.41. The number of hydrogen-bond donors (Lipinski definition) is 5. The molecule has 0 amide bonds. The maximum Gasteiger partial charge on any atom is 0.341 e. The monoisotopic (exact) mass is 505 g/mol. The van der Waals surface area contributed by atoms with Gasteiger partial charge >= 0.3 is 19.6 Å². The first-order valence-corrected chi connectivity index (χ1v) is 12.2. The Morgan fingerprint density at radius 2 is 1.85 bits per heavy atom. The lowest BCUT2D eigenvalue weighted by atomic mass is 9.96. The first kappa shape index (κ1) is 27.9. The van der Waals surface area contributed by atoms with Gasteiger partial charge in [0, 0.05) is 6.20 Å². The number of carbonyl (C=O) groups is 2. The van der Waals surface area contributed by atoms with Gasteiger partial charge in [0.2, 0.25) is 0 Å². The lowest BCUT2D eigenvalue weighted by molar-refractivity contribution is -0.142. The van der Waals surface area contributed by atoms with Crippen molar-refractivity contribution in [2.45, 2.75) is 44.8 Å². The van der Waals surface area contributed by atoms with E-state index in [1.165, 1.54) is 24.1 Å². The standard InChI is InChI=1S/C19H32N5O9P/c1-5-30-15(25)9-21-34(29,22-10-16(26)31-6-2)32-11-13-17(27)19(4,28)18(33-13)24-8-7-14(20)23-12(24)3/h7-8,13,17-18,27-28H,3,5-6,9-11H2,1-2,4H3,(H2,20,23)(H2,21,22,29)/t13-,17?,18-,19+/m1/s1. The van der Waals surface area contributed by atoms with Gasteiger partial charge in [0.15, 0.2) is 6.23 Å². The molecule has 2 heterocycles. The van der Waals surface area contributed by atoms with Gasteiger partial charge < -0.3 is 39.6 Å². The highest BCUT2D eigenvalue weighted by atomic mass is 31.2. The van der Waals surface area contributed by atoms with E-state index in [2.05, 4.69) is 21.7 Å². The average molecular weight is 505 g/mol. The van der Waals surface area contributed by atoms with Crippen molar-refractivity contribution < 1.29 is 43.1 Å². The molecule has 15 heteroatoms. The molecule has 1 unspecified atom stereocenters. The Bertz CT molecular complexity index is 852. The smallest absolute Gasteiger partial charge is 0.341 e. The Morgan fingerprint density at radius 3 is 2.35 bits per heavy atom. The molecule has 4 atom stereocenters. The molecule has 0 aromatic heterocycles. The van der Waals surface area contributed by atoms with Crippen LogP contribution >= 0.6 is 7.67 Å². The maximum absolute atomic E-state index is 13.2. The number of ether oxygens (including phenoxy) is 3. The number of amidine groups is 1. The topological polar surface area (TPSA) is 194 Å². The third kappa shape index (κ3) is 7.09. The van der Waals surface area contributed by atoms with Crippen molar-refractivity contribution in [3.05, 3.63) is 24.7 Å². The summed E-state index contributed by atoms with van der Waals surface area (Å²) in [4.78, 5) is 28.8. The molecule has 2 rings (SSSR count). The van der Waals surface area contributed by atoms with Gasteiger partial charge in [0.25, 0.3) is 0 Å². The van der Waals surface area contributed by atoms with Gasteiger partial charge in [-0.25, -0.2) is 15.2 Å². The quantitative estimate of drug-likeness (QED) is 0.159. The molecule has 14 nitrogen and oxygen atoms in total. The number of rotatable bonds is 12. The molecule has 2 aliphatic rings. The average Bonchev–Trinajstić information content (AvgIpc) is 2.99. The summed E-state index contributed by atoms with van der Waals surface area (Å²) in [7, 11) is -4.03. The maximum atomic E-state index is 13.2. The highest BCUT2D eigenvalue weighted by molar-refractivity contribution is 7.54. The van der Waals surface area contributed by atoms with Crippen LogP contribution < -0.4 is 15.9 Å². The van der Waals surface area contributed by atoms with Crippen molar-refractivity contribution in [3.63, 3.8) is 0 Å². The van der Waals surface area contributed by atoms with Crippen LogP contribution in [0.5, 0.6) is 0 Å². The third-order valence-electron chi connectivity index (χ3n) is 4.86. The van der Waals surface area contributed by atoms with Crippen LogP contribution in [0.15, 0.2) is 29.7 Å². The summed E-state index contributed by atoms with van der Waals surface area (Å²) < 4.78 is 34.0. The van der Waals surface area contributed by atoms with Gasteiger partial charge in [-0.05, 0) is 26.8 Å². The van der Waals surface area contributed by atoms with Crippen molar-refractivity contribution in [1.82, 2.24) is 15.1 Å². The second kappa shape index (κ2) is 11.9. The molecular formula is C19H32N5O9P. The van der Waals surface area contributed by atoms with E-state index in [9.17, 15) is 24.4 Å². The van der Waals surface area contributed by atoms with Crippen molar-refractivity contribution in [2.75, 3.05) is 32.9 Å². The van der Waals surface area contributed by atoms with E-state index >= 15 is 0 Å². The molecule has 0 radical (unpaired) electrons. The van der Waals surface area contributed by atoms with Crippen LogP contribution in [-0.2, 0) is 32.9 Å². The lowest BCUT2D eigenvalue weighted by Crippen LogP contribution is -2.51. The minimum Gasteiger partial charge on any atom is -0.465 e. The van der Waals surface area contributed by atoms with Gasteiger partial charge in [0.1, 0.15) is 42.6 Å². The largest absolute Gasteiger partial charge is 0.465 e. The minimum atomic E-state index is -4.03. The molecule has 0 spiro atoms. The number of carbonyl (C=O) groups excluding carboxylic acids is 2. The summed E-state index contributed by atoms with van der Waals surface area (Å²) in [5.74, 6) is -1.00. The van der Waals surface area contributed by atoms with E-state index in [1.54, 1.807) is 13.8 Å². The van der Waals surface area contributed by atoms with Gasteiger partial charge in [0.05, 0.1) is 19.8 Å². The highest BCUT2D eigenvalue weighted by Gasteiger charge is 2.55. The first-order valence-electron chi connectivity index (χ1n) is 10.5. The zero-order valence-corrected chi connectivity index (χ0v) is 20.2. The molecule has 0 saturated carbocycles. The van der Waals surface area contributed by atoms with Crippen LogP contribution in [0.2, 0.25) is 0 Å². The summed E-state index contributed by atoms with van der Waals surface area (Å²) in [6.07, 6.45) is -0.767. The Labute approximate surface area is 197 Å². The van der Waals surface area contributed by atoms with E-state index in [4.69, 9.17) is 24.5 Å². The Morgan fingerprint density at radius 1 is 1.29 bits per heavy atom. The van der Waals surface area contributed by atoms with Crippen molar-refractivity contribution in [3.8, 4) is 0 Å².